The highest BCUT2D eigenvalue weighted by Crippen LogP contribution is 2.39. The van der Waals surface area contributed by atoms with Crippen molar-refractivity contribution in [1.82, 2.24) is 0 Å². The van der Waals surface area contributed by atoms with E-state index in [0.29, 0.717) is 0 Å². The van der Waals surface area contributed by atoms with E-state index in [1.807, 2.05) is 0 Å². The van der Waals surface area contributed by atoms with Crippen LogP contribution in [0.1, 0.15) is 219 Å². The molecule has 2 aromatic carbocycles. The van der Waals surface area contributed by atoms with Gasteiger partial charge in [-0.2, -0.15) is 0 Å². The van der Waals surface area contributed by atoms with Gasteiger partial charge in [-0.15, -0.1) is 0 Å². The molecule has 0 unspecified atom stereocenters. The van der Waals surface area contributed by atoms with E-state index in [2.05, 4.69) is 119 Å². The zero-order chi connectivity index (χ0) is 33.7. The molecule has 2 rings (SSSR count). The summed E-state index contributed by atoms with van der Waals surface area (Å²) in [6, 6.07) is 18.1. The monoisotopic (exact) mass is 615 g/mol. The third kappa shape index (κ3) is 12.5. The molecule has 0 atom stereocenters. The molecule has 0 amide bonds. The summed E-state index contributed by atoms with van der Waals surface area (Å²) in [6.45, 7) is 28.9. The zero-order valence-corrected chi connectivity index (χ0v) is 32.3. The van der Waals surface area contributed by atoms with Crippen molar-refractivity contribution in [2.24, 2.45) is 0 Å². The summed E-state index contributed by atoms with van der Waals surface area (Å²) >= 11 is 0. The fraction of sp³-hybridized carbons (Fsp3) is 0.733. The average molecular weight is 615 g/mol. The standard InChI is InChI=1S/C45H74/c1-13-17-21-25-42(5,6)38-30-36(31-39(34-38)43(7,8)26-22-18-14-2)29-37-32-40(44(9,10)27-23-19-15-3)35-41(33-37)45(11,12)28-24-20-16-4/h30,32,34-35H,13-29H2,1-12H3. The van der Waals surface area contributed by atoms with Gasteiger partial charge >= 0.3 is 0 Å². The Hall–Kier alpha value is -1.56. The minimum absolute atomic E-state index is 0.124. The highest BCUT2D eigenvalue weighted by Gasteiger charge is 2.29. The Bertz CT molecular complexity index is 955. The van der Waals surface area contributed by atoms with E-state index in [1.54, 1.807) is 0 Å². The van der Waals surface area contributed by atoms with Crippen LogP contribution in [-0.2, 0) is 28.1 Å². The van der Waals surface area contributed by atoms with Crippen LogP contribution >= 0.6 is 0 Å². The lowest BCUT2D eigenvalue weighted by atomic mass is 9.72. The quantitative estimate of drug-likeness (QED) is 0.116. The smallest absolute Gasteiger partial charge is 0.00130 e. The Labute approximate surface area is 283 Å². The fourth-order valence-corrected chi connectivity index (χ4v) is 6.99. The second kappa shape index (κ2) is 18.1. The van der Waals surface area contributed by atoms with E-state index >= 15 is 0 Å². The molecule has 0 aliphatic heterocycles. The van der Waals surface area contributed by atoms with Gasteiger partial charge in [0.05, 0.1) is 0 Å². The number of unbranched alkanes of at least 4 members (excludes halogenated alkanes) is 8. The van der Waals surface area contributed by atoms with Crippen LogP contribution in [0.2, 0.25) is 0 Å². The number of rotatable bonds is 22. The molecule has 2 aromatic rings. The molecular formula is C45H74. The van der Waals surface area contributed by atoms with Crippen molar-refractivity contribution < 1.29 is 0 Å². The summed E-state index contributed by atoms with van der Waals surface area (Å²) < 4.78 is 0. The molecule has 2 radical (unpaired) electrons. The average Bonchev–Trinajstić information content (AvgIpc) is 2.97. The SMILES string of the molecule is CCCCCC(C)(C)c1[c]c(Cc2[c]c(C(C)(C)CCCCC)cc(C(C)(C)CCCCC)c2)cc(C(C)(C)CCCCC)c1. The molecule has 0 spiro atoms. The van der Waals surface area contributed by atoms with Gasteiger partial charge in [0.1, 0.15) is 0 Å². The van der Waals surface area contributed by atoms with Crippen molar-refractivity contribution in [3.63, 3.8) is 0 Å². The molecule has 0 aliphatic rings. The van der Waals surface area contributed by atoms with Crippen LogP contribution in [0.4, 0.5) is 0 Å². The maximum absolute atomic E-state index is 4.02. The van der Waals surface area contributed by atoms with Gasteiger partial charge in [0.25, 0.3) is 0 Å². The van der Waals surface area contributed by atoms with Crippen LogP contribution in [-0.4, -0.2) is 0 Å². The van der Waals surface area contributed by atoms with Crippen molar-refractivity contribution in [2.45, 2.75) is 214 Å². The van der Waals surface area contributed by atoms with E-state index in [-0.39, 0.29) is 21.7 Å². The molecule has 0 N–H and O–H groups in total. The van der Waals surface area contributed by atoms with E-state index in [1.165, 1.54) is 136 Å². The lowest BCUT2D eigenvalue weighted by Crippen LogP contribution is -2.23. The number of benzene rings is 2. The van der Waals surface area contributed by atoms with Crippen molar-refractivity contribution in [3.8, 4) is 0 Å². The van der Waals surface area contributed by atoms with Crippen molar-refractivity contribution >= 4 is 0 Å². The first-order chi connectivity index (χ1) is 21.1. The summed E-state index contributed by atoms with van der Waals surface area (Å²) in [5.74, 6) is 0. The van der Waals surface area contributed by atoms with Gasteiger partial charge in [-0.25, -0.2) is 0 Å². The van der Waals surface area contributed by atoms with Gasteiger partial charge in [0.2, 0.25) is 0 Å². The largest absolute Gasteiger partial charge is 0.0654 e. The molecule has 0 heterocycles. The third-order valence-electron chi connectivity index (χ3n) is 10.9. The molecule has 0 aliphatic carbocycles. The molecule has 0 nitrogen and oxygen atoms in total. The molecule has 45 heavy (non-hydrogen) atoms. The zero-order valence-electron chi connectivity index (χ0n) is 32.3. The van der Waals surface area contributed by atoms with E-state index in [4.69, 9.17) is 0 Å². The Morgan fingerprint density at radius 1 is 0.400 bits per heavy atom. The predicted octanol–water partition coefficient (Wildman–Crippen LogP) is 14.3. The molecule has 254 valence electrons. The van der Waals surface area contributed by atoms with Crippen LogP contribution in [0, 0.1) is 12.1 Å². The first-order valence-corrected chi connectivity index (χ1v) is 19.3. The van der Waals surface area contributed by atoms with Crippen LogP contribution in [0.5, 0.6) is 0 Å². The van der Waals surface area contributed by atoms with Crippen LogP contribution in [0.3, 0.4) is 0 Å². The lowest BCUT2D eigenvalue weighted by molar-refractivity contribution is 0.435. The molecule has 0 aromatic heterocycles. The molecule has 0 saturated carbocycles. The Kier molecular flexibility index (Phi) is 15.9. The maximum Gasteiger partial charge on any atom is -0.00130 e. The highest BCUT2D eigenvalue weighted by atomic mass is 14.3. The topological polar surface area (TPSA) is 0 Å². The van der Waals surface area contributed by atoms with Crippen LogP contribution in [0.25, 0.3) is 0 Å². The molecule has 0 fully saturated rings. The second-order valence-electron chi connectivity index (χ2n) is 17.2. The van der Waals surface area contributed by atoms with Crippen LogP contribution < -0.4 is 0 Å². The van der Waals surface area contributed by atoms with Gasteiger partial charge in [-0.1, -0.05) is 184 Å². The van der Waals surface area contributed by atoms with Crippen molar-refractivity contribution in [2.75, 3.05) is 0 Å². The first kappa shape index (κ1) is 39.6. The number of hydrogen-bond donors (Lipinski definition) is 0. The lowest BCUT2D eigenvalue weighted by Gasteiger charge is -2.32. The first-order valence-electron chi connectivity index (χ1n) is 19.3. The minimum atomic E-state index is 0.124. The summed E-state index contributed by atoms with van der Waals surface area (Å²) in [4.78, 5) is 0. The maximum atomic E-state index is 4.02. The van der Waals surface area contributed by atoms with E-state index in [9.17, 15) is 0 Å². The summed E-state index contributed by atoms with van der Waals surface area (Å²) in [5.41, 5.74) is 9.08. The fourth-order valence-electron chi connectivity index (χ4n) is 6.99. The number of hydrogen-bond acceptors (Lipinski definition) is 0. The highest BCUT2D eigenvalue weighted by molar-refractivity contribution is 5.42. The van der Waals surface area contributed by atoms with Gasteiger partial charge in [0.15, 0.2) is 0 Å². The normalized spacial score (nSPS) is 13.1. The molecule has 0 bridgehead atoms. The summed E-state index contributed by atoms with van der Waals surface area (Å²) in [7, 11) is 0. The van der Waals surface area contributed by atoms with Crippen molar-refractivity contribution in [3.05, 3.63) is 69.8 Å². The second-order valence-corrected chi connectivity index (χ2v) is 17.2. The van der Waals surface area contributed by atoms with E-state index < -0.39 is 0 Å². The van der Waals surface area contributed by atoms with Gasteiger partial charge < -0.3 is 0 Å². The third-order valence-corrected chi connectivity index (χ3v) is 10.9. The van der Waals surface area contributed by atoms with Gasteiger partial charge in [0, 0.05) is 0 Å². The summed E-state index contributed by atoms with van der Waals surface area (Å²) in [6.07, 6.45) is 21.4. The summed E-state index contributed by atoms with van der Waals surface area (Å²) in [5, 5.41) is 0. The predicted molar refractivity (Wildman–Crippen MR) is 202 cm³/mol. The Morgan fingerprint density at radius 3 is 0.978 bits per heavy atom. The van der Waals surface area contributed by atoms with Crippen LogP contribution in [0.15, 0.2) is 24.3 Å². The minimum Gasteiger partial charge on any atom is -0.0654 e. The Balaban J connectivity index is 2.64. The van der Waals surface area contributed by atoms with E-state index in [0.717, 1.165) is 6.42 Å². The van der Waals surface area contributed by atoms with Crippen molar-refractivity contribution in [1.29, 1.82) is 0 Å². The Morgan fingerprint density at radius 2 is 0.689 bits per heavy atom. The molecular weight excluding hydrogens is 540 g/mol. The molecule has 0 saturated heterocycles. The van der Waals surface area contributed by atoms with Gasteiger partial charge in [-0.05, 0) is 99.3 Å². The molecule has 0 heteroatoms. The van der Waals surface area contributed by atoms with Gasteiger partial charge in [-0.3, -0.25) is 0 Å².